The van der Waals surface area contributed by atoms with Crippen molar-refractivity contribution in [2.24, 2.45) is 0 Å². The first-order valence-corrected chi connectivity index (χ1v) is 5.90. The van der Waals surface area contributed by atoms with E-state index in [-0.39, 0.29) is 16.3 Å². The molecule has 3 nitrogen and oxygen atoms in total. The van der Waals surface area contributed by atoms with Crippen LogP contribution in [0.4, 0.5) is 10.3 Å². The molecule has 0 atom stereocenters. The van der Waals surface area contributed by atoms with Crippen LogP contribution in [-0.2, 0) is 5.41 Å². The number of nitrogens with zero attached hydrogens (tertiary/aromatic N) is 1. The third-order valence-corrected chi connectivity index (χ3v) is 2.94. The van der Waals surface area contributed by atoms with Gasteiger partial charge in [-0.1, -0.05) is 49.7 Å². The Bertz CT molecular complexity index is 587. The first-order chi connectivity index (χ1) is 8.32. The molecule has 0 radical (unpaired) electrons. The summed E-state index contributed by atoms with van der Waals surface area (Å²) in [6.07, 6.45) is 0. The van der Waals surface area contributed by atoms with Gasteiger partial charge in [0, 0.05) is 11.0 Å². The molecular weight excluding hydrogens is 255 g/mol. The molecule has 0 saturated heterocycles. The van der Waals surface area contributed by atoms with Gasteiger partial charge in [0.25, 0.3) is 0 Å². The summed E-state index contributed by atoms with van der Waals surface area (Å²) in [7, 11) is 0. The Hall–Kier alpha value is -1.55. The van der Waals surface area contributed by atoms with Gasteiger partial charge in [0.1, 0.15) is 5.82 Å². The highest BCUT2D eigenvalue weighted by molar-refractivity contribution is 6.31. The highest BCUT2D eigenvalue weighted by Crippen LogP contribution is 2.38. The molecule has 2 N–H and O–H groups in total. The third-order valence-electron chi connectivity index (χ3n) is 2.65. The summed E-state index contributed by atoms with van der Waals surface area (Å²) in [5, 5.41) is 3.97. The molecule has 0 amide bonds. The highest BCUT2D eigenvalue weighted by Gasteiger charge is 2.28. The fraction of sp³-hybridized carbons (Fsp3) is 0.308. The fourth-order valence-corrected chi connectivity index (χ4v) is 1.95. The van der Waals surface area contributed by atoms with Gasteiger partial charge in [0.2, 0.25) is 5.88 Å². The van der Waals surface area contributed by atoms with Crippen molar-refractivity contribution in [2.75, 3.05) is 5.73 Å². The van der Waals surface area contributed by atoms with E-state index in [0.717, 1.165) is 0 Å². The van der Waals surface area contributed by atoms with Gasteiger partial charge in [-0.25, -0.2) is 4.39 Å². The molecule has 0 aliphatic heterocycles. The Morgan fingerprint density at radius 2 is 2.00 bits per heavy atom. The second-order valence-electron chi connectivity index (χ2n) is 5.12. The maximum atomic E-state index is 14.1. The summed E-state index contributed by atoms with van der Waals surface area (Å²) < 4.78 is 19.0. The van der Waals surface area contributed by atoms with E-state index in [1.54, 1.807) is 12.1 Å². The quantitative estimate of drug-likeness (QED) is 0.850. The van der Waals surface area contributed by atoms with E-state index in [1.807, 2.05) is 20.8 Å². The number of hydrogen-bond donors (Lipinski definition) is 1. The van der Waals surface area contributed by atoms with Gasteiger partial charge >= 0.3 is 0 Å². The van der Waals surface area contributed by atoms with Crippen LogP contribution < -0.4 is 5.73 Å². The van der Waals surface area contributed by atoms with Gasteiger partial charge in [-0.2, -0.15) is 0 Å². The first-order valence-electron chi connectivity index (χ1n) is 5.52. The van der Waals surface area contributed by atoms with Crippen LogP contribution in [0, 0.1) is 5.82 Å². The summed E-state index contributed by atoms with van der Waals surface area (Å²) in [6.45, 7) is 5.86. The van der Waals surface area contributed by atoms with Crippen molar-refractivity contribution in [3.05, 3.63) is 34.7 Å². The average Bonchev–Trinajstić information content (AvgIpc) is 2.64. The summed E-state index contributed by atoms with van der Waals surface area (Å²) in [5.41, 5.74) is 6.85. The Morgan fingerprint density at radius 3 is 2.61 bits per heavy atom. The molecule has 1 aromatic heterocycles. The topological polar surface area (TPSA) is 52.0 Å². The number of nitrogens with two attached hydrogens (primary N) is 1. The van der Waals surface area contributed by atoms with Crippen molar-refractivity contribution < 1.29 is 8.91 Å². The Balaban J connectivity index is 2.72. The van der Waals surface area contributed by atoms with Gasteiger partial charge < -0.3 is 10.3 Å². The van der Waals surface area contributed by atoms with Crippen molar-refractivity contribution >= 4 is 17.5 Å². The van der Waals surface area contributed by atoms with Gasteiger partial charge in [0.15, 0.2) is 0 Å². The standard InChI is InChI=1S/C13H14ClFN2O/c1-13(2,3)11-9(12(16)18-17-11)7-5-4-6-8(14)10(7)15/h4-6H,16H2,1-3H3. The smallest absolute Gasteiger partial charge is 0.230 e. The van der Waals surface area contributed by atoms with Crippen molar-refractivity contribution in [3.8, 4) is 11.1 Å². The van der Waals surface area contributed by atoms with Crippen LogP contribution >= 0.6 is 11.6 Å². The van der Waals surface area contributed by atoms with Crippen LogP contribution in [0.15, 0.2) is 22.7 Å². The lowest BCUT2D eigenvalue weighted by molar-refractivity contribution is 0.405. The monoisotopic (exact) mass is 268 g/mol. The lowest BCUT2D eigenvalue weighted by Crippen LogP contribution is -2.13. The van der Waals surface area contributed by atoms with Crippen LogP contribution in [0.25, 0.3) is 11.1 Å². The van der Waals surface area contributed by atoms with Gasteiger partial charge in [-0.15, -0.1) is 0 Å². The van der Waals surface area contributed by atoms with Gasteiger partial charge in [0.05, 0.1) is 16.3 Å². The summed E-state index contributed by atoms with van der Waals surface area (Å²) in [5.74, 6) is -0.416. The molecule has 0 saturated carbocycles. The molecule has 2 aromatic rings. The molecule has 0 fully saturated rings. The molecule has 0 spiro atoms. The van der Waals surface area contributed by atoms with Crippen molar-refractivity contribution in [2.45, 2.75) is 26.2 Å². The molecule has 96 valence electrons. The lowest BCUT2D eigenvalue weighted by atomic mass is 9.87. The zero-order valence-corrected chi connectivity index (χ0v) is 11.2. The molecule has 1 heterocycles. The van der Waals surface area contributed by atoms with Crippen LogP contribution in [0.1, 0.15) is 26.5 Å². The van der Waals surface area contributed by atoms with Gasteiger partial charge in [-0.05, 0) is 6.07 Å². The number of hydrogen-bond acceptors (Lipinski definition) is 3. The number of halogens is 2. The summed E-state index contributed by atoms with van der Waals surface area (Å²) in [4.78, 5) is 0. The molecule has 5 heteroatoms. The number of rotatable bonds is 1. The third kappa shape index (κ3) is 2.08. The van der Waals surface area contributed by atoms with E-state index < -0.39 is 5.82 Å². The lowest BCUT2D eigenvalue weighted by Gasteiger charge is -2.16. The number of aromatic nitrogens is 1. The Kier molecular flexibility index (Phi) is 3.07. The van der Waals surface area contributed by atoms with Crippen LogP contribution in [0.2, 0.25) is 5.02 Å². The number of benzene rings is 1. The molecule has 18 heavy (non-hydrogen) atoms. The van der Waals surface area contributed by atoms with E-state index in [9.17, 15) is 4.39 Å². The average molecular weight is 269 g/mol. The molecule has 0 unspecified atom stereocenters. The largest absolute Gasteiger partial charge is 0.367 e. The SMILES string of the molecule is CC(C)(C)c1noc(N)c1-c1cccc(Cl)c1F. The van der Waals surface area contributed by atoms with Gasteiger partial charge in [-0.3, -0.25) is 0 Å². The minimum absolute atomic E-state index is 0.0490. The minimum atomic E-state index is -0.514. The normalized spacial score (nSPS) is 11.8. The van der Waals surface area contributed by atoms with Crippen molar-refractivity contribution in [1.82, 2.24) is 5.16 Å². The predicted molar refractivity (Wildman–Crippen MR) is 70.0 cm³/mol. The van der Waals surface area contributed by atoms with E-state index in [1.165, 1.54) is 6.07 Å². The summed E-state index contributed by atoms with van der Waals surface area (Å²) in [6, 6.07) is 4.76. The molecular formula is C13H14ClFN2O. The van der Waals surface area contributed by atoms with E-state index in [0.29, 0.717) is 16.8 Å². The Morgan fingerprint density at radius 1 is 1.33 bits per heavy atom. The molecule has 0 bridgehead atoms. The highest BCUT2D eigenvalue weighted by atomic mass is 35.5. The van der Waals surface area contributed by atoms with Crippen molar-refractivity contribution in [1.29, 1.82) is 0 Å². The zero-order chi connectivity index (χ0) is 13.5. The predicted octanol–water partition coefficient (Wildman–Crippen LogP) is 4.01. The second-order valence-corrected chi connectivity index (χ2v) is 5.53. The maximum Gasteiger partial charge on any atom is 0.230 e. The van der Waals surface area contributed by atoms with E-state index in [2.05, 4.69) is 5.16 Å². The molecule has 1 aromatic carbocycles. The van der Waals surface area contributed by atoms with Crippen LogP contribution in [0.3, 0.4) is 0 Å². The number of nitrogen functional groups attached to an aromatic ring is 1. The van der Waals surface area contributed by atoms with E-state index in [4.69, 9.17) is 21.9 Å². The zero-order valence-electron chi connectivity index (χ0n) is 10.4. The number of anilines is 1. The van der Waals surface area contributed by atoms with Crippen LogP contribution in [0.5, 0.6) is 0 Å². The Labute approximate surface area is 110 Å². The second kappa shape index (κ2) is 4.28. The fourth-order valence-electron chi connectivity index (χ4n) is 1.77. The first kappa shape index (κ1) is 12.9. The molecule has 2 rings (SSSR count). The molecule has 0 aliphatic rings. The van der Waals surface area contributed by atoms with Crippen LogP contribution in [-0.4, -0.2) is 5.16 Å². The minimum Gasteiger partial charge on any atom is -0.367 e. The molecule has 0 aliphatic carbocycles. The van der Waals surface area contributed by atoms with Crippen molar-refractivity contribution in [3.63, 3.8) is 0 Å². The van der Waals surface area contributed by atoms with E-state index >= 15 is 0 Å². The maximum absolute atomic E-state index is 14.1. The summed E-state index contributed by atoms with van der Waals surface area (Å²) >= 11 is 5.78.